The molecular formula is C17H21F3N4O3S. The first-order valence-corrected chi connectivity index (χ1v) is 9.46. The highest BCUT2D eigenvalue weighted by molar-refractivity contribution is 7.17. The number of thiazole rings is 1. The van der Waals surface area contributed by atoms with Gasteiger partial charge in [-0.1, -0.05) is 18.3 Å². The van der Waals surface area contributed by atoms with E-state index in [0.717, 1.165) is 22.1 Å². The van der Waals surface area contributed by atoms with Crippen LogP contribution in [0.15, 0.2) is 6.07 Å². The number of ether oxygens (including phenoxy) is 1. The minimum Gasteiger partial charge on any atom is -0.462 e. The van der Waals surface area contributed by atoms with Crippen molar-refractivity contribution in [2.75, 3.05) is 18.1 Å². The summed E-state index contributed by atoms with van der Waals surface area (Å²) in [5.74, 6) is -0.990. The molecule has 0 fully saturated rings. The summed E-state index contributed by atoms with van der Waals surface area (Å²) < 4.78 is 44.5. The van der Waals surface area contributed by atoms with Crippen LogP contribution in [-0.4, -0.2) is 39.8 Å². The molecule has 2 aromatic rings. The molecule has 154 valence electrons. The van der Waals surface area contributed by atoms with Crippen LogP contribution in [0.2, 0.25) is 0 Å². The second-order valence-corrected chi connectivity index (χ2v) is 6.98. The molecule has 0 atom stereocenters. The van der Waals surface area contributed by atoms with E-state index < -0.39 is 23.7 Å². The summed E-state index contributed by atoms with van der Waals surface area (Å²) in [6.07, 6.45) is -3.98. The molecule has 0 aliphatic carbocycles. The predicted octanol–water partition coefficient (Wildman–Crippen LogP) is 3.60. The number of alkyl halides is 3. The van der Waals surface area contributed by atoms with Gasteiger partial charge in [-0.2, -0.15) is 18.3 Å². The van der Waals surface area contributed by atoms with Crippen LogP contribution in [0.1, 0.15) is 47.0 Å². The maximum absolute atomic E-state index is 12.8. The fourth-order valence-corrected chi connectivity index (χ4v) is 3.46. The third-order valence-electron chi connectivity index (χ3n) is 3.78. The lowest BCUT2D eigenvalue weighted by Gasteiger charge is -2.19. The van der Waals surface area contributed by atoms with Crippen LogP contribution in [-0.2, 0) is 22.3 Å². The number of nitrogens with zero attached hydrogens (tertiary/aromatic N) is 4. The molecule has 0 saturated heterocycles. The Labute approximate surface area is 164 Å². The standard InChI is InChI=1S/C17H21F3N4O3S/c1-5-7-23(16-21-11(4)14(28-16)15(26)27-6-2)13(25)9-24-10(3)8-12(22-24)17(18,19)20/h8H,5-7,9H2,1-4H3. The van der Waals surface area contributed by atoms with E-state index in [1.807, 2.05) is 6.92 Å². The molecule has 0 radical (unpaired) electrons. The molecule has 0 aliphatic rings. The van der Waals surface area contributed by atoms with Crippen molar-refractivity contribution in [3.8, 4) is 0 Å². The van der Waals surface area contributed by atoms with Gasteiger partial charge in [0.15, 0.2) is 10.8 Å². The zero-order valence-corrected chi connectivity index (χ0v) is 16.8. The highest BCUT2D eigenvalue weighted by atomic mass is 32.1. The lowest BCUT2D eigenvalue weighted by molar-refractivity contribution is -0.141. The lowest BCUT2D eigenvalue weighted by Crippen LogP contribution is -2.35. The first-order valence-electron chi connectivity index (χ1n) is 8.65. The number of carbonyl (C=O) groups is 2. The fraction of sp³-hybridized carbons (Fsp3) is 0.529. The second-order valence-electron chi connectivity index (χ2n) is 6.00. The van der Waals surface area contributed by atoms with Gasteiger partial charge in [-0.15, -0.1) is 0 Å². The third kappa shape index (κ3) is 4.89. The summed E-state index contributed by atoms with van der Waals surface area (Å²) in [5.41, 5.74) is -0.392. The number of aromatic nitrogens is 3. The molecule has 0 unspecified atom stereocenters. The number of hydrogen-bond donors (Lipinski definition) is 0. The number of hydrogen-bond acceptors (Lipinski definition) is 6. The van der Waals surface area contributed by atoms with Gasteiger partial charge in [-0.3, -0.25) is 14.4 Å². The van der Waals surface area contributed by atoms with Gasteiger partial charge in [0.25, 0.3) is 5.91 Å². The Morgan fingerprint density at radius 1 is 1.29 bits per heavy atom. The topological polar surface area (TPSA) is 77.3 Å². The summed E-state index contributed by atoms with van der Waals surface area (Å²) in [5, 5.41) is 3.78. The van der Waals surface area contributed by atoms with Gasteiger partial charge >= 0.3 is 12.1 Å². The quantitative estimate of drug-likeness (QED) is 0.642. The van der Waals surface area contributed by atoms with Crippen molar-refractivity contribution in [2.45, 2.75) is 46.8 Å². The highest BCUT2D eigenvalue weighted by Crippen LogP contribution is 2.29. The van der Waals surface area contributed by atoms with Gasteiger partial charge in [-0.05, 0) is 33.3 Å². The van der Waals surface area contributed by atoms with Crippen LogP contribution < -0.4 is 4.90 Å². The molecule has 2 rings (SSSR count). The van der Waals surface area contributed by atoms with Crippen LogP contribution in [0.5, 0.6) is 0 Å². The average Bonchev–Trinajstić information content (AvgIpc) is 3.16. The molecule has 0 spiro atoms. The Morgan fingerprint density at radius 3 is 2.50 bits per heavy atom. The summed E-state index contributed by atoms with van der Waals surface area (Å²) in [6.45, 7) is 6.77. The van der Waals surface area contributed by atoms with E-state index in [4.69, 9.17) is 4.74 Å². The SMILES string of the molecule is CCCN(C(=O)Cn1nc(C(F)(F)F)cc1C)c1nc(C)c(C(=O)OCC)s1. The molecule has 2 heterocycles. The van der Waals surface area contributed by atoms with Gasteiger partial charge in [0.2, 0.25) is 0 Å². The summed E-state index contributed by atoms with van der Waals surface area (Å²) in [7, 11) is 0. The van der Waals surface area contributed by atoms with Gasteiger partial charge in [0.05, 0.1) is 12.3 Å². The zero-order chi connectivity index (χ0) is 21.1. The predicted molar refractivity (Wildman–Crippen MR) is 97.4 cm³/mol. The van der Waals surface area contributed by atoms with Crippen molar-refractivity contribution in [1.82, 2.24) is 14.8 Å². The number of rotatable bonds is 7. The molecule has 1 amide bonds. The van der Waals surface area contributed by atoms with Crippen LogP contribution in [0, 0.1) is 13.8 Å². The normalized spacial score (nSPS) is 11.5. The zero-order valence-electron chi connectivity index (χ0n) is 16.0. The maximum Gasteiger partial charge on any atom is 0.435 e. The second kappa shape index (κ2) is 8.72. The number of aryl methyl sites for hydroxylation is 2. The van der Waals surface area contributed by atoms with Crippen LogP contribution in [0.3, 0.4) is 0 Å². The van der Waals surface area contributed by atoms with Crippen molar-refractivity contribution in [3.05, 3.63) is 28.0 Å². The molecule has 11 heteroatoms. The lowest BCUT2D eigenvalue weighted by atomic mass is 10.3. The summed E-state index contributed by atoms with van der Waals surface area (Å²) >= 11 is 1.02. The van der Waals surface area contributed by atoms with E-state index in [1.54, 1.807) is 13.8 Å². The summed E-state index contributed by atoms with van der Waals surface area (Å²) in [6, 6.07) is 0.893. The van der Waals surface area contributed by atoms with Crippen molar-refractivity contribution in [2.24, 2.45) is 0 Å². The Kier molecular flexibility index (Phi) is 6.81. The van der Waals surface area contributed by atoms with Crippen molar-refractivity contribution >= 4 is 28.3 Å². The molecular weight excluding hydrogens is 397 g/mol. The monoisotopic (exact) mass is 418 g/mol. The van der Waals surface area contributed by atoms with Gasteiger partial charge in [-0.25, -0.2) is 9.78 Å². The third-order valence-corrected chi connectivity index (χ3v) is 4.94. The van der Waals surface area contributed by atoms with Gasteiger partial charge < -0.3 is 4.74 Å². The Bertz CT molecular complexity index is 860. The van der Waals surface area contributed by atoms with E-state index in [0.29, 0.717) is 28.7 Å². The highest BCUT2D eigenvalue weighted by Gasteiger charge is 2.35. The van der Waals surface area contributed by atoms with Crippen molar-refractivity contribution in [3.63, 3.8) is 0 Å². The minimum absolute atomic E-state index is 0.212. The van der Waals surface area contributed by atoms with Crippen molar-refractivity contribution in [1.29, 1.82) is 0 Å². The van der Waals surface area contributed by atoms with E-state index in [2.05, 4.69) is 10.1 Å². The average molecular weight is 418 g/mol. The Morgan fingerprint density at radius 2 is 1.96 bits per heavy atom. The molecule has 0 saturated carbocycles. The van der Waals surface area contributed by atoms with Gasteiger partial charge in [0.1, 0.15) is 11.4 Å². The van der Waals surface area contributed by atoms with E-state index in [1.165, 1.54) is 11.8 Å². The number of halogens is 3. The molecule has 0 bridgehead atoms. The van der Waals surface area contributed by atoms with Crippen LogP contribution in [0.4, 0.5) is 18.3 Å². The molecule has 7 nitrogen and oxygen atoms in total. The van der Waals surface area contributed by atoms with E-state index >= 15 is 0 Å². The first kappa shape index (κ1) is 21.9. The number of anilines is 1. The summed E-state index contributed by atoms with van der Waals surface area (Å²) in [4.78, 5) is 30.7. The Hall–Kier alpha value is -2.43. The van der Waals surface area contributed by atoms with Crippen LogP contribution >= 0.6 is 11.3 Å². The molecule has 0 N–H and O–H groups in total. The fourth-order valence-electron chi connectivity index (χ4n) is 2.46. The van der Waals surface area contributed by atoms with Crippen LogP contribution in [0.25, 0.3) is 0 Å². The smallest absolute Gasteiger partial charge is 0.435 e. The molecule has 0 aliphatic heterocycles. The molecule has 28 heavy (non-hydrogen) atoms. The Balaban J connectivity index is 2.27. The number of amides is 1. The van der Waals surface area contributed by atoms with E-state index in [9.17, 15) is 22.8 Å². The van der Waals surface area contributed by atoms with Crippen molar-refractivity contribution < 1.29 is 27.5 Å². The minimum atomic E-state index is -4.58. The largest absolute Gasteiger partial charge is 0.462 e. The van der Waals surface area contributed by atoms with Gasteiger partial charge in [0, 0.05) is 12.2 Å². The molecule has 2 aromatic heterocycles. The maximum atomic E-state index is 12.8. The van der Waals surface area contributed by atoms with E-state index in [-0.39, 0.29) is 18.8 Å². The number of carbonyl (C=O) groups excluding carboxylic acids is 2. The first-order chi connectivity index (χ1) is 13.1. The molecule has 0 aromatic carbocycles. The number of esters is 1.